The molecule has 1 fully saturated rings. The Morgan fingerprint density at radius 3 is 1.82 bits per heavy atom. The molecule has 0 saturated heterocycles. The molecule has 0 atom stereocenters. The van der Waals surface area contributed by atoms with Gasteiger partial charge in [-0.3, -0.25) is 4.57 Å². The molecule has 0 spiro atoms. The van der Waals surface area contributed by atoms with E-state index in [1.807, 2.05) is 91.0 Å². The third kappa shape index (κ3) is 4.64. The lowest BCUT2D eigenvalue weighted by atomic mass is 9.83. The zero-order valence-electron chi connectivity index (χ0n) is 44.4. The molecule has 5 nitrogen and oxygen atoms in total. The van der Waals surface area contributed by atoms with Crippen molar-refractivity contribution in [2.45, 2.75) is 37.8 Å². The number of nitrogens with zero attached hydrogens (tertiary/aromatic N) is 5. The van der Waals surface area contributed by atoms with E-state index < -0.39 is 78.9 Å². The molecular weight excluding hydrogens is 683 g/mol. The van der Waals surface area contributed by atoms with Gasteiger partial charge in [-0.15, -0.1) is 0 Å². The largest absolute Gasteiger partial charge is 0.307 e. The Balaban J connectivity index is 1.18. The van der Waals surface area contributed by atoms with E-state index in [-0.39, 0.29) is 11.8 Å². The van der Waals surface area contributed by atoms with Crippen LogP contribution in [0.15, 0.2) is 158 Å². The van der Waals surface area contributed by atoms with Crippen LogP contribution in [-0.4, -0.2) is 23.9 Å². The van der Waals surface area contributed by atoms with Crippen molar-refractivity contribution in [3.05, 3.63) is 163 Å². The first-order chi connectivity index (χ1) is 33.6. The average Bonchev–Trinajstić information content (AvgIpc) is 4.00. The monoisotopic (exact) mass is 734 g/mol. The van der Waals surface area contributed by atoms with Gasteiger partial charge in [0.25, 0.3) is 0 Å². The van der Waals surface area contributed by atoms with Gasteiger partial charge in [0.2, 0.25) is 5.95 Å². The van der Waals surface area contributed by atoms with Gasteiger partial charge >= 0.3 is 0 Å². The second-order valence-corrected chi connectivity index (χ2v) is 13.7. The lowest BCUT2D eigenvalue weighted by Crippen LogP contribution is -2.08. The van der Waals surface area contributed by atoms with Crippen molar-refractivity contribution in [3.63, 3.8) is 0 Å². The van der Waals surface area contributed by atoms with Crippen LogP contribution in [0.2, 0.25) is 0 Å². The minimum Gasteiger partial charge on any atom is -0.307 e. The maximum absolute atomic E-state index is 9.72. The van der Waals surface area contributed by atoms with Gasteiger partial charge in [-0.1, -0.05) is 153 Å². The van der Waals surface area contributed by atoms with Gasteiger partial charge in [-0.25, -0.2) is 4.98 Å². The Kier molecular flexibility index (Phi) is 4.44. The molecule has 0 aliphatic heterocycles. The molecule has 4 aromatic heterocycles. The fraction of sp³-hybridized carbons (Fsp3) is 0.118. The standard InChI is InChI=1S/C51H37N5/c1-2-15-32(16-3-1)33-17-12-18-34(31-33)49-52-50(54-51(53-49)55-44-28-9-6-20-36(44)37-21-7-10-29-45(37)55)43-23-5-4-19-35(43)39-24-13-26-41-42-27-14-25-40-38-22-8-11-30-46(38)56(47(39)41)48(40)42/h4-14,17-32H,1-3,15-16H2/i1D2,2D2,3D2,12D,15D2,16D2,17D,18D,31D,32D. The van der Waals surface area contributed by atoms with Crippen molar-refractivity contribution in [2.75, 3.05) is 0 Å². The predicted octanol–water partition coefficient (Wildman–Crippen LogP) is 13.2. The van der Waals surface area contributed by atoms with Gasteiger partial charge in [0.15, 0.2) is 11.6 Å². The van der Waals surface area contributed by atoms with Crippen LogP contribution >= 0.6 is 0 Å². The summed E-state index contributed by atoms with van der Waals surface area (Å²) < 4.78 is 139. The van der Waals surface area contributed by atoms with Crippen molar-refractivity contribution in [2.24, 2.45) is 0 Å². The van der Waals surface area contributed by atoms with E-state index in [4.69, 9.17) is 31.4 Å². The Morgan fingerprint density at radius 2 is 1.07 bits per heavy atom. The van der Waals surface area contributed by atoms with E-state index in [0.29, 0.717) is 22.2 Å². The van der Waals surface area contributed by atoms with Crippen molar-refractivity contribution in [1.29, 1.82) is 0 Å². The van der Waals surface area contributed by atoms with Crippen molar-refractivity contribution < 1.29 is 20.6 Å². The topological polar surface area (TPSA) is 48.0 Å². The third-order valence-electron chi connectivity index (χ3n) is 10.7. The normalized spacial score (nSPS) is 23.0. The maximum Gasteiger partial charge on any atom is 0.238 e. The number of hydrogen-bond donors (Lipinski definition) is 0. The van der Waals surface area contributed by atoms with Crippen LogP contribution in [0.25, 0.3) is 99.8 Å². The van der Waals surface area contributed by atoms with Gasteiger partial charge in [0, 0.05) is 64.1 Å². The SMILES string of the molecule is [2H]c1c([2H])c(-c2nc(-c3ccccc3-c3cccc4c5cccc6c7ccccc7n(c34)c65)nc(-n3c4ccccc4c4ccccc43)n2)c([2H])c(C2([2H])C([2H])([2H])C([2H])([2H])C([2H])([2H])C([2H])([2H])C2([2H])[2H])c1[2H]. The quantitative estimate of drug-likeness (QED) is 0.177. The van der Waals surface area contributed by atoms with Crippen LogP contribution in [0.4, 0.5) is 0 Å². The van der Waals surface area contributed by atoms with Crippen molar-refractivity contribution >= 4 is 59.9 Å². The molecule has 56 heavy (non-hydrogen) atoms. The molecule has 12 rings (SSSR count). The molecule has 0 bridgehead atoms. The summed E-state index contributed by atoms with van der Waals surface area (Å²) in [6.07, 6.45) is -19.8. The maximum atomic E-state index is 9.72. The molecule has 5 heteroatoms. The molecule has 4 heterocycles. The Hall–Kier alpha value is -6.85. The Bertz CT molecular complexity index is 4000. The Labute approximate surface area is 345 Å². The minimum atomic E-state index is -4.01. The number of para-hydroxylation sites is 5. The molecule has 0 radical (unpaired) electrons. The lowest BCUT2D eigenvalue weighted by molar-refractivity contribution is 0.443. The van der Waals surface area contributed by atoms with E-state index >= 15 is 0 Å². The average molecular weight is 735 g/mol. The highest BCUT2D eigenvalue weighted by molar-refractivity contribution is 6.25. The number of rotatable bonds is 5. The molecule has 1 saturated carbocycles. The lowest BCUT2D eigenvalue weighted by Gasteiger charge is -2.22. The fourth-order valence-corrected chi connectivity index (χ4v) is 8.39. The smallest absolute Gasteiger partial charge is 0.238 e. The van der Waals surface area contributed by atoms with Crippen molar-refractivity contribution in [1.82, 2.24) is 23.9 Å². The van der Waals surface area contributed by atoms with E-state index in [9.17, 15) is 4.11 Å². The molecule has 266 valence electrons. The van der Waals surface area contributed by atoms with Crippen LogP contribution < -0.4 is 0 Å². The van der Waals surface area contributed by atoms with Crippen LogP contribution in [-0.2, 0) is 0 Å². The summed E-state index contributed by atoms with van der Waals surface area (Å²) in [6.45, 7) is 0. The zero-order valence-corrected chi connectivity index (χ0v) is 29.4. The third-order valence-corrected chi connectivity index (χ3v) is 10.7. The van der Waals surface area contributed by atoms with Gasteiger partial charge in [-0.2, -0.15) is 9.97 Å². The highest BCUT2D eigenvalue weighted by atomic mass is 15.2. The molecule has 0 N–H and O–H groups in total. The molecule has 0 unspecified atom stereocenters. The zero-order chi connectivity index (χ0) is 50.1. The first-order valence-electron chi connectivity index (χ1n) is 25.7. The van der Waals surface area contributed by atoms with Gasteiger partial charge < -0.3 is 4.40 Å². The van der Waals surface area contributed by atoms with E-state index in [2.05, 4.69) is 34.7 Å². The van der Waals surface area contributed by atoms with Crippen LogP contribution in [0.5, 0.6) is 0 Å². The molecule has 1 aliphatic carbocycles. The first kappa shape index (κ1) is 20.2. The second kappa shape index (κ2) is 12.3. The summed E-state index contributed by atoms with van der Waals surface area (Å²) in [5.74, 6) is -4.43. The number of hydrogen-bond acceptors (Lipinski definition) is 3. The predicted molar refractivity (Wildman–Crippen MR) is 231 cm³/mol. The number of aromatic nitrogens is 5. The molecule has 7 aromatic carbocycles. The summed E-state index contributed by atoms with van der Waals surface area (Å²) >= 11 is 0. The summed E-state index contributed by atoms with van der Waals surface area (Å²) in [6, 6.07) is 38.6. The Morgan fingerprint density at radius 1 is 0.518 bits per heavy atom. The van der Waals surface area contributed by atoms with Gasteiger partial charge in [0.1, 0.15) is 0 Å². The van der Waals surface area contributed by atoms with E-state index in [1.165, 1.54) is 0 Å². The molecule has 0 amide bonds. The second-order valence-electron chi connectivity index (χ2n) is 13.7. The van der Waals surface area contributed by atoms with Gasteiger partial charge in [0.05, 0.1) is 33.1 Å². The molecule has 1 aliphatic rings. The number of benzene rings is 7. The van der Waals surface area contributed by atoms with E-state index in [1.54, 1.807) is 16.7 Å². The summed E-state index contributed by atoms with van der Waals surface area (Å²) in [7, 11) is 0. The van der Waals surface area contributed by atoms with Crippen molar-refractivity contribution in [3.8, 4) is 39.9 Å². The molecular formula is C51H37N5. The summed E-state index contributed by atoms with van der Waals surface area (Å²) in [4.78, 5) is 14.9. The van der Waals surface area contributed by atoms with Crippen LogP contribution in [0, 0.1) is 0 Å². The number of fused-ring (bicyclic) bond motifs is 9. The van der Waals surface area contributed by atoms with Crippen LogP contribution in [0.3, 0.4) is 0 Å². The highest BCUT2D eigenvalue weighted by Gasteiger charge is 2.24. The fourth-order valence-electron chi connectivity index (χ4n) is 8.39. The molecule has 11 aromatic rings. The van der Waals surface area contributed by atoms with E-state index in [0.717, 1.165) is 54.4 Å². The van der Waals surface area contributed by atoms with Crippen LogP contribution in [0.1, 0.15) is 63.9 Å². The minimum absolute atomic E-state index is 0.00435. The first-order valence-corrected chi connectivity index (χ1v) is 18.2. The highest BCUT2D eigenvalue weighted by Crippen LogP contribution is 2.44. The van der Waals surface area contributed by atoms with Gasteiger partial charge in [-0.05, 0) is 54.0 Å². The summed E-state index contributed by atoms with van der Waals surface area (Å²) in [5, 5.41) is 5.86. The summed E-state index contributed by atoms with van der Waals surface area (Å²) in [5.41, 5.74) is 4.23.